The van der Waals surface area contributed by atoms with Gasteiger partial charge in [0.2, 0.25) is 0 Å². The first kappa shape index (κ1) is 17.8. The van der Waals surface area contributed by atoms with Gasteiger partial charge in [-0.1, -0.05) is 12.1 Å². The minimum absolute atomic E-state index is 0. The topological polar surface area (TPSA) is 78.0 Å². The first-order valence-electron chi connectivity index (χ1n) is 7.19. The van der Waals surface area contributed by atoms with Crippen LogP contribution in [0.5, 0.6) is 5.75 Å². The summed E-state index contributed by atoms with van der Waals surface area (Å²) in [5.74, 6) is 0.811. The maximum atomic E-state index is 9.45. The third-order valence-corrected chi connectivity index (χ3v) is 4.46. The fourth-order valence-electron chi connectivity index (χ4n) is 2.43. The highest BCUT2D eigenvalue weighted by atomic mass is 127. The molecule has 2 aromatic rings. The van der Waals surface area contributed by atoms with Crippen molar-refractivity contribution >= 4 is 46.4 Å². The van der Waals surface area contributed by atoms with Crippen molar-refractivity contribution in [3.05, 3.63) is 41.4 Å². The number of hydrogen-bond acceptors (Lipinski definition) is 5. The number of phenols is 1. The summed E-state index contributed by atoms with van der Waals surface area (Å²) < 4.78 is 0. The minimum Gasteiger partial charge on any atom is -0.508 e. The van der Waals surface area contributed by atoms with Crippen molar-refractivity contribution in [2.45, 2.75) is 6.54 Å². The number of hydrogen-bond donors (Lipinski definition) is 2. The van der Waals surface area contributed by atoms with Gasteiger partial charge >= 0.3 is 0 Å². The largest absolute Gasteiger partial charge is 0.508 e. The van der Waals surface area contributed by atoms with Crippen molar-refractivity contribution < 1.29 is 5.11 Å². The second-order valence-electron chi connectivity index (χ2n) is 5.13. The van der Waals surface area contributed by atoms with Gasteiger partial charge in [-0.15, -0.1) is 35.3 Å². The number of aromatic nitrogens is 1. The molecule has 3 rings (SSSR count). The number of aliphatic imine (C=N–C) groups is 1. The number of thiazole rings is 1. The lowest BCUT2D eigenvalue weighted by Gasteiger charge is -2.35. The van der Waals surface area contributed by atoms with Gasteiger partial charge in [0.15, 0.2) is 11.1 Å². The first-order valence-corrected chi connectivity index (χ1v) is 8.07. The maximum absolute atomic E-state index is 9.45. The van der Waals surface area contributed by atoms with Gasteiger partial charge in [-0.2, -0.15) is 0 Å². The highest BCUT2D eigenvalue weighted by Crippen LogP contribution is 2.18. The molecule has 0 amide bonds. The van der Waals surface area contributed by atoms with Crippen molar-refractivity contribution in [2.75, 3.05) is 31.1 Å². The second-order valence-corrected chi connectivity index (χ2v) is 6.01. The van der Waals surface area contributed by atoms with Gasteiger partial charge in [-0.25, -0.2) is 9.98 Å². The maximum Gasteiger partial charge on any atom is 0.191 e. The number of rotatable bonds is 3. The van der Waals surface area contributed by atoms with Gasteiger partial charge in [-0.05, 0) is 17.7 Å². The van der Waals surface area contributed by atoms with E-state index in [1.165, 1.54) is 0 Å². The Bertz CT molecular complexity index is 641. The van der Waals surface area contributed by atoms with Crippen LogP contribution < -0.4 is 10.6 Å². The fraction of sp³-hybridized carbons (Fsp3) is 0.333. The third-order valence-electron chi connectivity index (χ3n) is 3.63. The van der Waals surface area contributed by atoms with Crippen molar-refractivity contribution in [2.24, 2.45) is 10.7 Å². The van der Waals surface area contributed by atoms with Crippen LogP contribution >= 0.6 is 35.3 Å². The van der Waals surface area contributed by atoms with Crippen molar-refractivity contribution in [1.29, 1.82) is 0 Å². The van der Waals surface area contributed by atoms with E-state index in [0.29, 0.717) is 12.5 Å². The van der Waals surface area contributed by atoms with E-state index >= 15 is 0 Å². The normalized spacial score (nSPS) is 15.4. The number of guanidine groups is 1. The number of anilines is 1. The van der Waals surface area contributed by atoms with Crippen LogP contribution in [0.4, 0.5) is 5.13 Å². The van der Waals surface area contributed by atoms with E-state index in [9.17, 15) is 5.11 Å². The molecule has 23 heavy (non-hydrogen) atoms. The molecule has 0 aliphatic carbocycles. The molecule has 124 valence electrons. The number of halogens is 1. The van der Waals surface area contributed by atoms with E-state index in [-0.39, 0.29) is 29.7 Å². The lowest BCUT2D eigenvalue weighted by atomic mass is 10.2. The Morgan fingerprint density at radius 3 is 2.74 bits per heavy atom. The quantitative estimate of drug-likeness (QED) is 0.430. The molecule has 6 nitrogen and oxygen atoms in total. The van der Waals surface area contributed by atoms with Gasteiger partial charge in [0.1, 0.15) is 5.75 Å². The van der Waals surface area contributed by atoms with Crippen LogP contribution in [0.3, 0.4) is 0 Å². The van der Waals surface area contributed by atoms with Gasteiger partial charge in [0, 0.05) is 37.8 Å². The SMILES string of the molecule is I.NC(=NCc1cccc(O)c1)N1CCN(c2nccs2)CC1. The zero-order chi connectivity index (χ0) is 15.4. The number of benzene rings is 1. The number of phenolic OH excluding ortho intramolecular Hbond substituents is 1. The van der Waals surface area contributed by atoms with E-state index in [0.717, 1.165) is 36.9 Å². The van der Waals surface area contributed by atoms with Crippen molar-refractivity contribution in [3.8, 4) is 5.75 Å². The average molecular weight is 445 g/mol. The predicted octanol–water partition coefficient (Wildman–Crippen LogP) is 2.10. The van der Waals surface area contributed by atoms with Gasteiger partial charge in [-0.3, -0.25) is 0 Å². The summed E-state index contributed by atoms with van der Waals surface area (Å²) in [6.45, 7) is 3.96. The Morgan fingerprint density at radius 2 is 2.09 bits per heavy atom. The first-order chi connectivity index (χ1) is 10.7. The Kier molecular flexibility index (Phi) is 6.46. The van der Waals surface area contributed by atoms with Crippen LogP contribution in [0.25, 0.3) is 0 Å². The zero-order valence-electron chi connectivity index (χ0n) is 12.6. The summed E-state index contributed by atoms with van der Waals surface area (Å²) in [5, 5.41) is 12.5. The lowest BCUT2D eigenvalue weighted by molar-refractivity contribution is 0.380. The minimum atomic E-state index is 0. The van der Waals surface area contributed by atoms with Gasteiger partial charge < -0.3 is 20.6 Å². The molecular formula is C15H20IN5OS. The molecule has 1 aliphatic rings. The second kappa shape index (κ2) is 8.34. The van der Waals surface area contributed by atoms with E-state index in [4.69, 9.17) is 5.73 Å². The van der Waals surface area contributed by atoms with Crippen LogP contribution in [0.15, 0.2) is 40.8 Å². The van der Waals surface area contributed by atoms with Crippen LogP contribution in [0.1, 0.15) is 5.56 Å². The molecule has 3 N–H and O–H groups in total. The molecule has 0 saturated carbocycles. The monoisotopic (exact) mass is 445 g/mol. The highest BCUT2D eigenvalue weighted by molar-refractivity contribution is 14.0. The number of aromatic hydroxyl groups is 1. The Hall–Kier alpha value is -1.55. The summed E-state index contributed by atoms with van der Waals surface area (Å²) in [4.78, 5) is 13.1. The Balaban J connectivity index is 0.00000192. The Morgan fingerprint density at radius 1 is 1.30 bits per heavy atom. The predicted molar refractivity (Wildman–Crippen MR) is 105 cm³/mol. The number of nitrogens with zero attached hydrogens (tertiary/aromatic N) is 4. The lowest BCUT2D eigenvalue weighted by Crippen LogP contribution is -2.51. The van der Waals surface area contributed by atoms with Crippen LogP contribution in [-0.2, 0) is 6.54 Å². The van der Waals surface area contributed by atoms with Crippen LogP contribution in [0.2, 0.25) is 0 Å². The number of nitrogens with two attached hydrogens (primary N) is 1. The third kappa shape index (κ3) is 4.71. The highest BCUT2D eigenvalue weighted by Gasteiger charge is 2.19. The smallest absolute Gasteiger partial charge is 0.191 e. The molecule has 1 aromatic carbocycles. The molecule has 1 fully saturated rings. The summed E-state index contributed by atoms with van der Waals surface area (Å²) in [7, 11) is 0. The molecule has 0 atom stereocenters. The van der Waals surface area contributed by atoms with Crippen molar-refractivity contribution in [1.82, 2.24) is 9.88 Å². The van der Waals surface area contributed by atoms with E-state index in [1.54, 1.807) is 23.5 Å². The molecule has 1 aromatic heterocycles. The van der Waals surface area contributed by atoms with E-state index in [1.807, 2.05) is 23.7 Å². The summed E-state index contributed by atoms with van der Waals surface area (Å²) in [6, 6.07) is 7.09. The molecule has 0 bridgehead atoms. The van der Waals surface area contributed by atoms with Gasteiger partial charge in [0.05, 0.1) is 6.54 Å². The zero-order valence-corrected chi connectivity index (χ0v) is 15.8. The fourth-order valence-corrected chi connectivity index (χ4v) is 3.12. The molecule has 0 spiro atoms. The van der Waals surface area contributed by atoms with Crippen molar-refractivity contribution in [3.63, 3.8) is 0 Å². The van der Waals surface area contributed by atoms with E-state index in [2.05, 4.69) is 19.8 Å². The molecular weight excluding hydrogens is 425 g/mol. The molecule has 1 aliphatic heterocycles. The number of piperazine rings is 1. The van der Waals surface area contributed by atoms with E-state index < -0.39 is 0 Å². The summed E-state index contributed by atoms with van der Waals surface area (Å²) >= 11 is 1.66. The molecule has 0 radical (unpaired) electrons. The standard InChI is InChI=1S/C15H19N5OS.HI/c16-14(18-11-12-2-1-3-13(21)10-12)19-5-7-20(8-6-19)15-17-4-9-22-15;/h1-4,9-10,21H,5-8,11H2,(H2,16,18);1H. The molecule has 2 heterocycles. The molecule has 1 saturated heterocycles. The molecule has 8 heteroatoms. The average Bonchev–Trinajstić information content (AvgIpc) is 3.07. The summed E-state index contributed by atoms with van der Waals surface area (Å²) in [6.07, 6.45) is 1.83. The van der Waals surface area contributed by atoms with Crippen LogP contribution in [0, 0.1) is 0 Å². The van der Waals surface area contributed by atoms with Crippen LogP contribution in [-0.4, -0.2) is 47.1 Å². The molecule has 0 unspecified atom stereocenters. The summed E-state index contributed by atoms with van der Waals surface area (Å²) in [5.41, 5.74) is 7.03. The Labute approximate surface area is 156 Å². The van der Waals surface area contributed by atoms with Gasteiger partial charge in [0.25, 0.3) is 0 Å².